The fraction of sp³-hybridized carbons (Fsp3) is 0.263. The van der Waals surface area contributed by atoms with Gasteiger partial charge in [0.15, 0.2) is 4.34 Å². The lowest BCUT2D eigenvalue weighted by molar-refractivity contribution is 0.0971. The molecule has 0 aliphatic heterocycles. The molecule has 1 aromatic heterocycles. The number of hydrogen-bond acceptors (Lipinski definition) is 5. The molecule has 2 aromatic rings. The molecule has 0 aliphatic rings. The summed E-state index contributed by atoms with van der Waals surface area (Å²) in [7, 11) is 0. The predicted octanol–water partition coefficient (Wildman–Crippen LogP) is 5.49. The van der Waals surface area contributed by atoms with Gasteiger partial charge in [-0.05, 0) is 38.8 Å². The Balaban J connectivity index is 2.10. The molecule has 0 fully saturated rings. The van der Waals surface area contributed by atoms with Crippen molar-refractivity contribution in [2.24, 2.45) is 0 Å². The first-order chi connectivity index (χ1) is 12.3. The van der Waals surface area contributed by atoms with E-state index < -0.39 is 0 Å². The summed E-state index contributed by atoms with van der Waals surface area (Å²) >= 11 is 8.96. The van der Waals surface area contributed by atoms with Crippen molar-refractivity contribution < 1.29 is 4.79 Å². The second-order valence-electron chi connectivity index (χ2n) is 5.80. The minimum Gasteiger partial charge on any atom is -0.382 e. The van der Waals surface area contributed by atoms with E-state index in [1.165, 1.54) is 22.5 Å². The van der Waals surface area contributed by atoms with Crippen LogP contribution in [0.4, 0.5) is 5.82 Å². The number of amides is 1. The van der Waals surface area contributed by atoms with Crippen LogP contribution in [0.25, 0.3) is 0 Å². The highest BCUT2D eigenvalue weighted by molar-refractivity contribution is 8.00. The van der Waals surface area contributed by atoms with Crippen LogP contribution in [0.5, 0.6) is 0 Å². The number of rotatable bonds is 6. The van der Waals surface area contributed by atoms with Crippen molar-refractivity contribution in [3.63, 3.8) is 0 Å². The van der Waals surface area contributed by atoms with Crippen molar-refractivity contribution in [2.45, 2.75) is 37.8 Å². The van der Waals surface area contributed by atoms with Gasteiger partial charge in [0.25, 0.3) is 5.91 Å². The van der Waals surface area contributed by atoms with Crippen LogP contribution in [0, 0.1) is 6.92 Å². The predicted molar refractivity (Wildman–Crippen MR) is 113 cm³/mol. The van der Waals surface area contributed by atoms with Gasteiger partial charge in [-0.2, -0.15) is 0 Å². The molecule has 1 heterocycles. The number of carbonyl (C=O) groups excluding carboxylic acids is 1. The number of aryl methyl sites for hydroxylation is 1. The molecule has 2 rings (SSSR count). The molecule has 0 radical (unpaired) electrons. The topological polar surface area (TPSA) is 68.0 Å². The van der Waals surface area contributed by atoms with Gasteiger partial charge in [0.1, 0.15) is 10.7 Å². The van der Waals surface area contributed by atoms with Gasteiger partial charge in [-0.25, -0.2) is 4.98 Å². The van der Waals surface area contributed by atoms with Crippen LogP contribution in [0.1, 0.15) is 41.6 Å². The molecule has 0 unspecified atom stereocenters. The van der Waals surface area contributed by atoms with Crippen LogP contribution in [0.3, 0.4) is 0 Å². The Hall–Kier alpha value is -1.76. The largest absolute Gasteiger partial charge is 0.382 e. The second kappa shape index (κ2) is 9.26. The number of nitrogens with two attached hydrogens (primary N) is 1. The summed E-state index contributed by atoms with van der Waals surface area (Å²) in [6.07, 6.45) is 1.89. The first-order valence-corrected chi connectivity index (χ1v) is 10.3. The minimum atomic E-state index is -0.293. The van der Waals surface area contributed by atoms with E-state index in [9.17, 15) is 4.79 Å². The molecule has 138 valence electrons. The fourth-order valence-electron chi connectivity index (χ4n) is 2.14. The summed E-state index contributed by atoms with van der Waals surface area (Å²) in [5, 5.41) is 3.36. The normalized spacial score (nSPS) is 12.7. The van der Waals surface area contributed by atoms with Crippen LogP contribution in [0.15, 0.2) is 51.0 Å². The summed E-state index contributed by atoms with van der Waals surface area (Å²) in [4.78, 5) is 17.3. The first kappa shape index (κ1) is 20.6. The van der Waals surface area contributed by atoms with Gasteiger partial charge >= 0.3 is 0 Å². The highest BCUT2D eigenvalue weighted by Gasteiger charge is 2.18. The number of hydrogen-bond donors (Lipinski definition) is 2. The third-order valence-electron chi connectivity index (χ3n) is 3.73. The van der Waals surface area contributed by atoms with Crippen LogP contribution in [0.2, 0.25) is 0 Å². The number of allylic oxidation sites excluding steroid dienone is 3. The zero-order valence-corrected chi connectivity index (χ0v) is 17.6. The zero-order valence-electron chi connectivity index (χ0n) is 15.2. The highest BCUT2D eigenvalue weighted by Crippen LogP contribution is 2.31. The third-order valence-corrected chi connectivity index (χ3v) is 6.21. The molecule has 7 heteroatoms. The Morgan fingerprint density at radius 3 is 2.58 bits per heavy atom. The molecule has 4 nitrogen and oxygen atoms in total. The number of carbonyl (C=O) groups is 1. The van der Waals surface area contributed by atoms with Crippen molar-refractivity contribution in [1.82, 2.24) is 10.3 Å². The summed E-state index contributed by atoms with van der Waals surface area (Å²) in [5.74, 6) is 0.722. The maximum Gasteiger partial charge on any atom is 0.269 e. The molecule has 3 N–H and O–H groups in total. The standard InChI is InChI=1S/C19H22ClN3OS2/c1-5-12(3)15(13(4)20)22-18(24)16-17(21)23-19(26-16)25-10-14-8-6-11(2)7-9-14/h5-9H,10,21H2,1-4H3,(H,22,24)/b12-5-,15-13-. The van der Waals surface area contributed by atoms with E-state index in [1.807, 2.05) is 19.9 Å². The quantitative estimate of drug-likeness (QED) is 0.490. The summed E-state index contributed by atoms with van der Waals surface area (Å²) in [5.41, 5.74) is 9.87. The van der Waals surface area contributed by atoms with Crippen molar-refractivity contribution in [1.29, 1.82) is 0 Å². The number of nitrogens with zero attached hydrogens (tertiary/aromatic N) is 1. The molecule has 26 heavy (non-hydrogen) atoms. The molecule has 0 aliphatic carbocycles. The maximum absolute atomic E-state index is 12.6. The Bertz CT molecular complexity index is 850. The van der Waals surface area contributed by atoms with E-state index in [4.69, 9.17) is 17.3 Å². The van der Waals surface area contributed by atoms with Crippen molar-refractivity contribution in [3.8, 4) is 0 Å². The maximum atomic E-state index is 12.6. The molecule has 1 aromatic carbocycles. The van der Waals surface area contributed by atoms with Crippen LogP contribution in [-0.2, 0) is 5.75 Å². The highest BCUT2D eigenvalue weighted by atomic mass is 35.5. The zero-order chi connectivity index (χ0) is 19.3. The van der Waals surface area contributed by atoms with Crippen LogP contribution in [-0.4, -0.2) is 10.9 Å². The third kappa shape index (κ3) is 5.37. The molecule has 0 atom stereocenters. The van der Waals surface area contributed by atoms with E-state index in [-0.39, 0.29) is 11.7 Å². The summed E-state index contributed by atoms with van der Waals surface area (Å²) < 4.78 is 0.768. The van der Waals surface area contributed by atoms with Gasteiger partial charge in [-0.3, -0.25) is 4.79 Å². The monoisotopic (exact) mass is 407 g/mol. The molecular formula is C19H22ClN3OS2. The van der Waals surface area contributed by atoms with Gasteiger partial charge < -0.3 is 11.1 Å². The number of thioether (sulfide) groups is 1. The number of anilines is 1. The summed E-state index contributed by atoms with van der Waals surface area (Å²) in [6, 6.07) is 8.34. The lowest BCUT2D eigenvalue weighted by Crippen LogP contribution is -2.24. The molecular weight excluding hydrogens is 386 g/mol. The smallest absolute Gasteiger partial charge is 0.269 e. The van der Waals surface area contributed by atoms with E-state index in [1.54, 1.807) is 18.7 Å². The number of thiazole rings is 1. The van der Waals surface area contributed by atoms with Gasteiger partial charge in [0.2, 0.25) is 0 Å². The van der Waals surface area contributed by atoms with E-state index in [2.05, 4.69) is 41.5 Å². The number of benzene rings is 1. The van der Waals surface area contributed by atoms with E-state index in [0.29, 0.717) is 15.6 Å². The van der Waals surface area contributed by atoms with E-state index in [0.717, 1.165) is 15.7 Å². The number of nitrogen functional groups attached to an aromatic ring is 1. The fourth-order valence-corrected chi connectivity index (χ4v) is 4.25. The Morgan fingerprint density at radius 1 is 1.35 bits per heavy atom. The molecule has 0 saturated carbocycles. The van der Waals surface area contributed by atoms with E-state index >= 15 is 0 Å². The Morgan fingerprint density at radius 2 is 2.00 bits per heavy atom. The minimum absolute atomic E-state index is 0.239. The lowest BCUT2D eigenvalue weighted by Gasteiger charge is -2.10. The second-order valence-corrected chi connectivity index (χ2v) is 8.59. The van der Waals surface area contributed by atoms with Crippen molar-refractivity contribution in [2.75, 3.05) is 5.73 Å². The van der Waals surface area contributed by atoms with Gasteiger partial charge in [0.05, 0.1) is 5.70 Å². The van der Waals surface area contributed by atoms with Crippen molar-refractivity contribution >= 4 is 46.4 Å². The average Bonchev–Trinajstić information content (AvgIpc) is 2.99. The van der Waals surface area contributed by atoms with Gasteiger partial charge in [-0.1, -0.05) is 59.3 Å². The van der Waals surface area contributed by atoms with Crippen molar-refractivity contribution in [3.05, 3.63) is 62.6 Å². The molecule has 0 spiro atoms. The molecule has 0 saturated heterocycles. The number of aromatic nitrogens is 1. The average molecular weight is 408 g/mol. The van der Waals surface area contributed by atoms with Gasteiger partial charge in [-0.15, -0.1) is 11.3 Å². The Kier molecular flexibility index (Phi) is 7.32. The van der Waals surface area contributed by atoms with Crippen LogP contribution < -0.4 is 11.1 Å². The van der Waals surface area contributed by atoms with Gasteiger partial charge in [0, 0.05) is 10.8 Å². The first-order valence-electron chi connectivity index (χ1n) is 8.07. The number of nitrogens with one attached hydrogen (secondary N) is 1. The molecule has 1 amide bonds. The molecule has 0 bridgehead atoms. The number of halogens is 1. The lowest BCUT2D eigenvalue weighted by atomic mass is 10.2. The Labute approximate surface area is 167 Å². The summed E-state index contributed by atoms with van der Waals surface area (Å²) in [6.45, 7) is 7.58. The van der Waals surface area contributed by atoms with Crippen LogP contribution >= 0.6 is 34.7 Å². The SMILES string of the molecule is C/C=C(C)\C(NC(=O)c1sc(SCc2ccc(C)cc2)nc1N)=C(/C)Cl.